The second kappa shape index (κ2) is 8.04. The maximum absolute atomic E-state index is 13.8. The van der Waals surface area contributed by atoms with Crippen molar-refractivity contribution < 1.29 is 14.3 Å². The number of hydrogen-bond acceptors (Lipinski definition) is 3. The van der Waals surface area contributed by atoms with Crippen molar-refractivity contribution in [2.45, 2.75) is 31.9 Å². The Hall–Kier alpha value is -1.98. The fraction of sp³-hybridized carbons (Fsp3) is 0.294. The van der Waals surface area contributed by atoms with Gasteiger partial charge < -0.3 is 10.4 Å². The van der Waals surface area contributed by atoms with Crippen molar-refractivity contribution in [3.8, 4) is 0 Å². The van der Waals surface area contributed by atoms with Crippen LogP contribution in [0, 0.1) is 5.82 Å². The summed E-state index contributed by atoms with van der Waals surface area (Å²) in [5.41, 5.74) is 0.805. The summed E-state index contributed by atoms with van der Waals surface area (Å²) in [7, 11) is 0. The topological polar surface area (TPSA) is 62.2 Å². The van der Waals surface area contributed by atoms with Crippen molar-refractivity contribution in [2.75, 3.05) is 0 Å². The van der Waals surface area contributed by atoms with Crippen LogP contribution in [0.3, 0.4) is 0 Å². The van der Waals surface area contributed by atoms with Gasteiger partial charge >= 0.3 is 0 Å². The van der Waals surface area contributed by atoms with E-state index < -0.39 is 18.0 Å². The molecule has 23 heavy (non-hydrogen) atoms. The molecule has 1 aromatic carbocycles. The summed E-state index contributed by atoms with van der Waals surface area (Å²) in [6.45, 7) is 1.60. The average molecular weight is 337 g/mol. The maximum atomic E-state index is 13.8. The van der Waals surface area contributed by atoms with Crippen molar-refractivity contribution in [1.29, 1.82) is 0 Å². The number of aliphatic hydroxyl groups is 1. The molecule has 2 rings (SSSR count). The van der Waals surface area contributed by atoms with Crippen LogP contribution < -0.4 is 5.32 Å². The van der Waals surface area contributed by atoms with Crippen molar-refractivity contribution >= 4 is 17.5 Å². The van der Waals surface area contributed by atoms with Crippen LogP contribution in [-0.4, -0.2) is 22.0 Å². The minimum atomic E-state index is -1.22. The molecular weight excluding hydrogens is 319 g/mol. The summed E-state index contributed by atoms with van der Waals surface area (Å²) in [4.78, 5) is 16.1. The van der Waals surface area contributed by atoms with Gasteiger partial charge in [0.15, 0.2) is 0 Å². The number of amides is 1. The van der Waals surface area contributed by atoms with E-state index in [0.717, 1.165) is 5.69 Å². The van der Waals surface area contributed by atoms with Gasteiger partial charge in [-0.25, -0.2) is 4.39 Å². The molecule has 0 radical (unpaired) electrons. The molecule has 0 unspecified atom stereocenters. The number of carbonyl (C=O) groups is 1. The van der Waals surface area contributed by atoms with E-state index in [1.165, 1.54) is 18.2 Å². The molecule has 1 amide bonds. The third-order valence-electron chi connectivity index (χ3n) is 3.49. The number of aryl methyl sites for hydroxylation is 1. The molecule has 6 heteroatoms. The highest BCUT2D eigenvalue weighted by atomic mass is 35.5. The van der Waals surface area contributed by atoms with Crippen molar-refractivity contribution in [3.63, 3.8) is 0 Å². The molecule has 1 aromatic heterocycles. The minimum absolute atomic E-state index is 0.00769. The maximum Gasteiger partial charge on any atom is 0.220 e. The summed E-state index contributed by atoms with van der Waals surface area (Å²) in [6.07, 6.45) is 1.18. The molecule has 4 nitrogen and oxygen atoms in total. The highest BCUT2D eigenvalue weighted by Crippen LogP contribution is 2.27. The molecule has 0 aliphatic rings. The van der Waals surface area contributed by atoms with Crippen LogP contribution in [0.25, 0.3) is 0 Å². The van der Waals surface area contributed by atoms with Gasteiger partial charge in [-0.1, -0.05) is 23.7 Å². The zero-order valence-corrected chi connectivity index (χ0v) is 13.4. The molecule has 0 saturated carbocycles. The number of benzene rings is 1. The van der Waals surface area contributed by atoms with Gasteiger partial charge in [0, 0.05) is 28.9 Å². The quantitative estimate of drug-likeness (QED) is 0.852. The van der Waals surface area contributed by atoms with E-state index in [9.17, 15) is 14.3 Å². The molecule has 2 atom stereocenters. The fourth-order valence-electron chi connectivity index (χ4n) is 2.24. The van der Waals surface area contributed by atoms with Gasteiger partial charge in [0.25, 0.3) is 0 Å². The van der Waals surface area contributed by atoms with Crippen LogP contribution in [-0.2, 0) is 11.2 Å². The van der Waals surface area contributed by atoms with Crippen LogP contribution in [0.1, 0.15) is 30.7 Å². The predicted octanol–water partition coefficient (Wildman–Crippen LogP) is 3.05. The van der Waals surface area contributed by atoms with Crippen molar-refractivity contribution in [1.82, 2.24) is 10.3 Å². The van der Waals surface area contributed by atoms with E-state index in [1.54, 1.807) is 19.2 Å². The van der Waals surface area contributed by atoms with Gasteiger partial charge in [0.05, 0.1) is 6.04 Å². The van der Waals surface area contributed by atoms with E-state index in [1.807, 2.05) is 12.1 Å². The van der Waals surface area contributed by atoms with Gasteiger partial charge in [0.2, 0.25) is 5.91 Å². The zero-order chi connectivity index (χ0) is 16.8. The Morgan fingerprint density at radius 2 is 2.13 bits per heavy atom. The number of carbonyl (C=O) groups excluding carboxylic acids is 1. The summed E-state index contributed by atoms with van der Waals surface area (Å²) in [5.74, 6) is -0.839. The molecule has 0 spiro atoms. The molecular formula is C17H18ClFN2O2. The number of nitrogens with one attached hydrogen (secondary N) is 1. The lowest BCUT2D eigenvalue weighted by atomic mass is 10.0. The average Bonchev–Trinajstić information content (AvgIpc) is 2.53. The summed E-state index contributed by atoms with van der Waals surface area (Å²) < 4.78 is 13.8. The SMILES string of the molecule is C[C@H](NC(=O)CCc1ccccn1)[C@H](O)c1c(F)cccc1Cl. The summed E-state index contributed by atoms with van der Waals surface area (Å²) in [5, 5.41) is 13.0. The van der Waals surface area contributed by atoms with Crippen LogP contribution >= 0.6 is 11.6 Å². The largest absolute Gasteiger partial charge is 0.386 e. The molecule has 0 bridgehead atoms. The van der Waals surface area contributed by atoms with E-state index in [2.05, 4.69) is 10.3 Å². The van der Waals surface area contributed by atoms with Crippen molar-refractivity contribution in [3.05, 3.63) is 64.7 Å². The monoisotopic (exact) mass is 336 g/mol. The van der Waals surface area contributed by atoms with Crippen LogP contribution in [0.2, 0.25) is 5.02 Å². The number of pyridine rings is 1. The number of aromatic nitrogens is 1. The van der Waals surface area contributed by atoms with E-state index in [-0.39, 0.29) is 22.9 Å². The Labute approximate surface area is 139 Å². The van der Waals surface area contributed by atoms with Gasteiger partial charge in [-0.3, -0.25) is 9.78 Å². The van der Waals surface area contributed by atoms with Crippen LogP contribution in [0.4, 0.5) is 4.39 Å². The standard InChI is InChI=1S/C17H18ClFN2O2/c1-11(17(23)16-13(18)6-4-7-14(16)19)21-15(22)9-8-12-5-2-3-10-20-12/h2-7,10-11,17,23H,8-9H2,1H3,(H,21,22)/t11-,17-/m0/s1. The van der Waals surface area contributed by atoms with E-state index in [0.29, 0.717) is 6.42 Å². The molecule has 1 heterocycles. The normalized spacial score (nSPS) is 13.4. The number of halogens is 2. The number of nitrogens with zero attached hydrogens (tertiary/aromatic N) is 1. The number of aliphatic hydroxyl groups excluding tert-OH is 1. The predicted molar refractivity (Wildman–Crippen MR) is 86.5 cm³/mol. The molecule has 0 aliphatic carbocycles. The number of rotatable bonds is 6. The van der Waals surface area contributed by atoms with Crippen molar-refractivity contribution in [2.24, 2.45) is 0 Å². The van der Waals surface area contributed by atoms with Crippen LogP contribution in [0.15, 0.2) is 42.6 Å². The molecule has 0 aliphatic heterocycles. The Morgan fingerprint density at radius 1 is 1.35 bits per heavy atom. The van der Waals surface area contributed by atoms with Gasteiger partial charge in [-0.2, -0.15) is 0 Å². The van der Waals surface area contributed by atoms with Crippen LogP contribution in [0.5, 0.6) is 0 Å². The highest BCUT2D eigenvalue weighted by molar-refractivity contribution is 6.31. The highest BCUT2D eigenvalue weighted by Gasteiger charge is 2.23. The smallest absolute Gasteiger partial charge is 0.220 e. The summed E-state index contributed by atoms with van der Waals surface area (Å²) in [6, 6.07) is 9.01. The Balaban J connectivity index is 1.93. The first kappa shape index (κ1) is 17.4. The van der Waals surface area contributed by atoms with Gasteiger partial charge in [-0.15, -0.1) is 0 Å². The molecule has 0 saturated heterocycles. The number of hydrogen-bond donors (Lipinski definition) is 2. The third-order valence-corrected chi connectivity index (χ3v) is 3.82. The molecule has 2 aromatic rings. The molecule has 2 N–H and O–H groups in total. The van der Waals surface area contributed by atoms with Gasteiger partial charge in [-0.05, 0) is 37.6 Å². The molecule has 0 fully saturated rings. The lowest BCUT2D eigenvalue weighted by Gasteiger charge is -2.22. The Kier molecular flexibility index (Phi) is 6.07. The first-order chi connectivity index (χ1) is 11.0. The zero-order valence-electron chi connectivity index (χ0n) is 12.7. The Bertz CT molecular complexity index is 647. The fourth-order valence-corrected chi connectivity index (χ4v) is 2.51. The third kappa shape index (κ3) is 4.74. The van der Waals surface area contributed by atoms with E-state index >= 15 is 0 Å². The molecule has 122 valence electrons. The minimum Gasteiger partial charge on any atom is -0.386 e. The summed E-state index contributed by atoms with van der Waals surface area (Å²) >= 11 is 5.93. The first-order valence-corrected chi connectivity index (χ1v) is 7.68. The van der Waals surface area contributed by atoms with Gasteiger partial charge in [0.1, 0.15) is 11.9 Å². The Morgan fingerprint density at radius 3 is 2.78 bits per heavy atom. The lowest BCUT2D eigenvalue weighted by Crippen LogP contribution is -2.37. The second-order valence-corrected chi connectivity index (χ2v) is 5.66. The van der Waals surface area contributed by atoms with E-state index in [4.69, 9.17) is 11.6 Å². The second-order valence-electron chi connectivity index (χ2n) is 5.26. The lowest BCUT2D eigenvalue weighted by molar-refractivity contribution is -0.122. The first-order valence-electron chi connectivity index (χ1n) is 7.30.